The predicted molar refractivity (Wildman–Crippen MR) is 77.5 cm³/mol. The zero-order valence-electron chi connectivity index (χ0n) is 10.7. The third kappa shape index (κ3) is 3.37. The normalized spacial score (nSPS) is 12.8. The summed E-state index contributed by atoms with van der Waals surface area (Å²) in [5, 5.41) is 3.89. The summed E-state index contributed by atoms with van der Waals surface area (Å²) in [6.45, 7) is 5.20. The highest BCUT2D eigenvalue weighted by atomic mass is 35.5. The van der Waals surface area contributed by atoms with Crippen molar-refractivity contribution in [1.29, 1.82) is 0 Å². The highest BCUT2D eigenvalue weighted by Crippen LogP contribution is 2.26. The molecule has 2 aromatic rings. The van der Waals surface area contributed by atoms with Crippen LogP contribution in [0.4, 0.5) is 0 Å². The Morgan fingerprint density at radius 2 is 2.00 bits per heavy atom. The fraction of sp³-hybridized carbons (Fsp3) is 0.429. The van der Waals surface area contributed by atoms with E-state index in [0.717, 1.165) is 25.1 Å². The van der Waals surface area contributed by atoms with Gasteiger partial charge in [-0.05, 0) is 48.8 Å². The standard InChI is InChI=1S/C14H18ClNOS/c1-3-10-5-6-11(18-10)9-12(16-4-2)13-7-8-14(15)17-13/h5-8,12,16H,3-4,9H2,1-2H3. The molecular formula is C14H18ClNOS. The zero-order chi connectivity index (χ0) is 13.0. The van der Waals surface area contributed by atoms with Crippen molar-refractivity contribution >= 4 is 22.9 Å². The van der Waals surface area contributed by atoms with Crippen LogP contribution in [0.1, 0.15) is 35.4 Å². The fourth-order valence-corrected chi connectivity index (χ4v) is 3.11. The lowest BCUT2D eigenvalue weighted by molar-refractivity contribution is 0.419. The molecule has 0 saturated carbocycles. The van der Waals surface area contributed by atoms with Gasteiger partial charge in [-0.15, -0.1) is 11.3 Å². The topological polar surface area (TPSA) is 25.2 Å². The van der Waals surface area contributed by atoms with Gasteiger partial charge in [-0.2, -0.15) is 0 Å². The second kappa shape index (κ2) is 6.41. The molecule has 0 spiro atoms. The van der Waals surface area contributed by atoms with Crippen molar-refractivity contribution in [3.63, 3.8) is 0 Å². The first-order valence-corrected chi connectivity index (χ1v) is 7.48. The van der Waals surface area contributed by atoms with E-state index in [4.69, 9.17) is 16.0 Å². The van der Waals surface area contributed by atoms with Crippen LogP contribution in [0.2, 0.25) is 5.22 Å². The molecule has 0 bridgehead atoms. The molecule has 18 heavy (non-hydrogen) atoms. The minimum atomic E-state index is 0.200. The third-order valence-electron chi connectivity index (χ3n) is 2.86. The van der Waals surface area contributed by atoms with Crippen molar-refractivity contribution < 1.29 is 4.42 Å². The highest BCUT2D eigenvalue weighted by Gasteiger charge is 2.16. The SMILES string of the molecule is CCNC(Cc1ccc(CC)s1)c1ccc(Cl)o1. The molecule has 0 aliphatic carbocycles. The van der Waals surface area contributed by atoms with Crippen molar-refractivity contribution in [1.82, 2.24) is 5.32 Å². The van der Waals surface area contributed by atoms with E-state index in [1.807, 2.05) is 17.4 Å². The monoisotopic (exact) mass is 283 g/mol. The van der Waals surface area contributed by atoms with Crippen LogP contribution in [-0.2, 0) is 12.8 Å². The maximum Gasteiger partial charge on any atom is 0.193 e. The molecule has 4 heteroatoms. The van der Waals surface area contributed by atoms with E-state index in [-0.39, 0.29) is 6.04 Å². The lowest BCUT2D eigenvalue weighted by Crippen LogP contribution is -2.22. The van der Waals surface area contributed by atoms with Gasteiger partial charge < -0.3 is 9.73 Å². The Morgan fingerprint density at radius 3 is 2.56 bits per heavy atom. The second-order valence-corrected chi connectivity index (χ2v) is 5.80. The maximum absolute atomic E-state index is 5.84. The Hall–Kier alpha value is -0.770. The number of rotatable bonds is 6. The molecule has 0 fully saturated rings. The van der Waals surface area contributed by atoms with Gasteiger partial charge in [0.05, 0.1) is 6.04 Å². The second-order valence-electron chi connectivity index (χ2n) is 4.18. The molecule has 0 amide bonds. The first-order chi connectivity index (χ1) is 8.72. The summed E-state index contributed by atoms with van der Waals surface area (Å²) >= 11 is 7.72. The van der Waals surface area contributed by atoms with Crippen LogP contribution in [0.25, 0.3) is 0 Å². The Labute approximate surface area is 117 Å². The van der Waals surface area contributed by atoms with Crippen molar-refractivity contribution in [2.45, 2.75) is 32.7 Å². The van der Waals surface area contributed by atoms with Crippen molar-refractivity contribution in [2.24, 2.45) is 0 Å². The van der Waals surface area contributed by atoms with Gasteiger partial charge in [0.2, 0.25) is 0 Å². The maximum atomic E-state index is 5.84. The summed E-state index contributed by atoms with van der Waals surface area (Å²) in [7, 11) is 0. The van der Waals surface area contributed by atoms with Crippen LogP contribution in [0.5, 0.6) is 0 Å². The lowest BCUT2D eigenvalue weighted by Gasteiger charge is -2.14. The number of furan rings is 1. The first kappa shape index (κ1) is 13.7. The van der Waals surface area contributed by atoms with Crippen LogP contribution >= 0.6 is 22.9 Å². The Bertz CT molecular complexity index is 491. The van der Waals surface area contributed by atoms with E-state index >= 15 is 0 Å². The first-order valence-electron chi connectivity index (χ1n) is 6.29. The molecule has 0 aromatic carbocycles. The predicted octanol–water partition coefficient (Wildman–Crippen LogP) is 4.45. The summed E-state index contributed by atoms with van der Waals surface area (Å²) in [4.78, 5) is 2.81. The summed E-state index contributed by atoms with van der Waals surface area (Å²) in [6, 6.07) is 8.36. The molecule has 0 radical (unpaired) electrons. The number of halogens is 1. The summed E-state index contributed by atoms with van der Waals surface area (Å²) in [5.41, 5.74) is 0. The Kier molecular flexibility index (Phi) is 4.87. The minimum absolute atomic E-state index is 0.200. The molecule has 2 aromatic heterocycles. The van der Waals surface area contributed by atoms with Crippen LogP contribution in [0.15, 0.2) is 28.7 Å². The van der Waals surface area contributed by atoms with Gasteiger partial charge in [0.1, 0.15) is 5.76 Å². The quantitative estimate of drug-likeness (QED) is 0.847. The van der Waals surface area contributed by atoms with Crippen molar-refractivity contribution in [3.05, 3.63) is 45.0 Å². The van der Waals surface area contributed by atoms with Crippen LogP contribution in [0, 0.1) is 0 Å². The van der Waals surface area contributed by atoms with E-state index in [1.165, 1.54) is 9.75 Å². The third-order valence-corrected chi connectivity index (χ3v) is 4.31. The number of hydrogen-bond donors (Lipinski definition) is 1. The van der Waals surface area contributed by atoms with Crippen LogP contribution < -0.4 is 5.32 Å². The van der Waals surface area contributed by atoms with E-state index in [9.17, 15) is 0 Å². The van der Waals surface area contributed by atoms with E-state index < -0.39 is 0 Å². The van der Waals surface area contributed by atoms with Gasteiger partial charge in [-0.1, -0.05) is 13.8 Å². The van der Waals surface area contributed by atoms with Gasteiger partial charge in [0, 0.05) is 16.2 Å². The molecule has 0 aliphatic rings. The molecule has 0 aliphatic heterocycles. The average Bonchev–Trinajstić information content (AvgIpc) is 2.97. The molecule has 2 heterocycles. The molecule has 0 saturated heterocycles. The molecule has 1 atom stereocenters. The van der Waals surface area contributed by atoms with Gasteiger partial charge in [0.25, 0.3) is 0 Å². The van der Waals surface area contributed by atoms with Crippen LogP contribution in [0.3, 0.4) is 0 Å². The summed E-state index contributed by atoms with van der Waals surface area (Å²) < 4.78 is 5.51. The molecule has 1 unspecified atom stereocenters. The van der Waals surface area contributed by atoms with Gasteiger partial charge >= 0.3 is 0 Å². The zero-order valence-corrected chi connectivity index (χ0v) is 12.3. The number of nitrogens with one attached hydrogen (secondary N) is 1. The lowest BCUT2D eigenvalue weighted by atomic mass is 10.1. The van der Waals surface area contributed by atoms with E-state index in [1.54, 1.807) is 6.07 Å². The number of aryl methyl sites for hydroxylation is 1. The summed E-state index contributed by atoms with van der Waals surface area (Å²) in [6.07, 6.45) is 2.05. The largest absolute Gasteiger partial charge is 0.448 e. The molecular weight excluding hydrogens is 266 g/mol. The smallest absolute Gasteiger partial charge is 0.193 e. The van der Waals surface area contributed by atoms with Crippen molar-refractivity contribution in [3.8, 4) is 0 Å². The number of thiophene rings is 1. The Morgan fingerprint density at radius 1 is 1.22 bits per heavy atom. The minimum Gasteiger partial charge on any atom is -0.448 e. The van der Waals surface area contributed by atoms with Gasteiger partial charge in [-0.25, -0.2) is 0 Å². The molecule has 98 valence electrons. The molecule has 2 rings (SSSR count). The summed E-state index contributed by atoms with van der Waals surface area (Å²) in [5.74, 6) is 0.910. The van der Waals surface area contributed by atoms with Gasteiger partial charge in [-0.3, -0.25) is 0 Å². The average molecular weight is 284 g/mol. The molecule has 2 nitrogen and oxygen atoms in total. The Balaban J connectivity index is 2.10. The van der Waals surface area contributed by atoms with E-state index in [0.29, 0.717) is 5.22 Å². The van der Waals surface area contributed by atoms with Crippen LogP contribution in [-0.4, -0.2) is 6.54 Å². The van der Waals surface area contributed by atoms with E-state index in [2.05, 4.69) is 31.3 Å². The van der Waals surface area contributed by atoms with Gasteiger partial charge in [0.15, 0.2) is 5.22 Å². The highest BCUT2D eigenvalue weighted by molar-refractivity contribution is 7.11. The number of hydrogen-bond acceptors (Lipinski definition) is 3. The number of likely N-dealkylation sites (N-methyl/N-ethyl adjacent to an activating group) is 1. The van der Waals surface area contributed by atoms with Crippen molar-refractivity contribution in [2.75, 3.05) is 6.54 Å². The molecule has 1 N–H and O–H groups in total. The fourth-order valence-electron chi connectivity index (χ4n) is 1.96.